The van der Waals surface area contributed by atoms with Crippen LogP contribution in [0.2, 0.25) is 5.02 Å². The highest BCUT2D eigenvalue weighted by Gasteiger charge is 2.29. The van der Waals surface area contributed by atoms with Gasteiger partial charge in [-0.25, -0.2) is 4.68 Å². The number of carbonyl (C=O) groups is 1. The molecule has 0 saturated heterocycles. The Balaban J connectivity index is 1.70. The molecule has 2 atom stereocenters. The van der Waals surface area contributed by atoms with Gasteiger partial charge in [-0.1, -0.05) is 37.6 Å². The van der Waals surface area contributed by atoms with Gasteiger partial charge < -0.3 is 14.6 Å². The van der Waals surface area contributed by atoms with E-state index in [0.717, 1.165) is 22.2 Å². The standard InChI is InChI=1S/C26H27ClN4O3/c1-16(2)25(29-17(3)32)26(18-5-7-20(27)8-6-18)34-22-10-11-23-19(13-22)14-28-31(23)21-9-12-24(33)30(4)15-21/h5-16,25-26H,1-4H3,(H,29,32)/t25-,26+/m0/s1. The van der Waals surface area contributed by atoms with Gasteiger partial charge in [0.15, 0.2) is 0 Å². The lowest BCUT2D eigenvalue weighted by Crippen LogP contribution is -2.43. The molecule has 1 N–H and O–H groups in total. The highest BCUT2D eigenvalue weighted by atomic mass is 35.5. The molecule has 34 heavy (non-hydrogen) atoms. The van der Waals surface area contributed by atoms with Crippen LogP contribution in [0.25, 0.3) is 16.6 Å². The van der Waals surface area contributed by atoms with E-state index in [0.29, 0.717) is 10.8 Å². The predicted octanol–water partition coefficient (Wildman–Crippen LogP) is 4.66. The number of nitrogens with zero attached hydrogens (tertiary/aromatic N) is 3. The number of amides is 1. The Kier molecular flexibility index (Phi) is 6.75. The van der Waals surface area contributed by atoms with Crippen molar-refractivity contribution < 1.29 is 9.53 Å². The van der Waals surface area contributed by atoms with E-state index < -0.39 is 6.10 Å². The van der Waals surface area contributed by atoms with Gasteiger partial charge in [-0.3, -0.25) is 9.59 Å². The number of hydrogen-bond donors (Lipinski definition) is 1. The van der Waals surface area contributed by atoms with Crippen LogP contribution < -0.4 is 15.6 Å². The summed E-state index contributed by atoms with van der Waals surface area (Å²) < 4.78 is 9.78. The number of carbonyl (C=O) groups excluding carboxylic acids is 1. The van der Waals surface area contributed by atoms with Crippen molar-refractivity contribution in [2.75, 3.05) is 0 Å². The first-order valence-corrected chi connectivity index (χ1v) is 11.4. The number of nitrogens with one attached hydrogen (secondary N) is 1. The molecule has 2 aromatic heterocycles. The van der Waals surface area contributed by atoms with Crippen molar-refractivity contribution in [3.05, 3.63) is 87.9 Å². The zero-order valence-corrected chi connectivity index (χ0v) is 20.3. The summed E-state index contributed by atoms with van der Waals surface area (Å²) in [5, 5.41) is 9.07. The zero-order chi connectivity index (χ0) is 24.4. The number of rotatable bonds is 7. The lowest BCUT2D eigenvalue weighted by Gasteiger charge is -2.31. The van der Waals surface area contributed by atoms with E-state index in [1.165, 1.54) is 17.6 Å². The molecule has 0 unspecified atom stereocenters. The number of aromatic nitrogens is 3. The SMILES string of the molecule is CC(=O)N[C@@H](C(C)C)[C@H](Oc1ccc2c(cnn2-c2ccc(=O)n(C)c2)c1)c1ccc(Cl)cc1. The fourth-order valence-corrected chi connectivity index (χ4v) is 4.10. The quantitative estimate of drug-likeness (QED) is 0.419. The summed E-state index contributed by atoms with van der Waals surface area (Å²) >= 11 is 6.10. The number of halogens is 1. The summed E-state index contributed by atoms with van der Waals surface area (Å²) in [6.07, 6.45) is 3.09. The van der Waals surface area contributed by atoms with Gasteiger partial charge in [-0.2, -0.15) is 5.10 Å². The summed E-state index contributed by atoms with van der Waals surface area (Å²) in [5.41, 5.74) is 2.51. The Hall–Kier alpha value is -3.58. The normalized spacial score (nSPS) is 13.1. The molecule has 2 heterocycles. The molecule has 2 aromatic carbocycles. The molecule has 0 aliphatic carbocycles. The first kappa shape index (κ1) is 23.6. The van der Waals surface area contributed by atoms with Crippen LogP contribution in [0.3, 0.4) is 0 Å². The van der Waals surface area contributed by atoms with Crippen molar-refractivity contribution in [3.8, 4) is 11.4 Å². The topological polar surface area (TPSA) is 78.2 Å². The summed E-state index contributed by atoms with van der Waals surface area (Å²) in [6, 6.07) is 16.2. The van der Waals surface area contributed by atoms with Gasteiger partial charge in [0.25, 0.3) is 0 Å². The van der Waals surface area contributed by atoms with Gasteiger partial charge in [0.2, 0.25) is 11.5 Å². The maximum absolute atomic E-state index is 11.9. The first-order chi connectivity index (χ1) is 16.2. The Morgan fingerprint density at radius 3 is 2.47 bits per heavy atom. The molecular formula is C26H27ClN4O3. The molecule has 0 saturated carbocycles. The Morgan fingerprint density at radius 1 is 1.09 bits per heavy atom. The van der Waals surface area contributed by atoms with E-state index in [4.69, 9.17) is 16.3 Å². The minimum Gasteiger partial charge on any atom is -0.484 e. The fraction of sp³-hybridized carbons (Fsp3) is 0.269. The van der Waals surface area contributed by atoms with E-state index >= 15 is 0 Å². The van der Waals surface area contributed by atoms with Gasteiger partial charge in [-0.15, -0.1) is 0 Å². The smallest absolute Gasteiger partial charge is 0.250 e. The van der Waals surface area contributed by atoms with Crippen molar-refractivity contribution in [1.29, 1.82) is 0 Å². The molecule has 0 aliphatic rings. The zero-order valence-electron chi connectivity index (χ0n) is 19.5. The van der Waals surface area contributed by atoms with Crippen LogP contribution in [0.1, 0.15) is 32.4 Å². The summed E-state index contributed by atoms with van der Waals surface area (Å²) in [5.74, 6) is 0.666. The maximum atomic E-state index is 11.9. The Morgan fingerprint density at radius 2 is 1.82 bits per heavy atom. The van der Waals surface area contributed by atoms with Crippen LogP contribution in [0.4, 0.5) is 0 Å². The van der Waals surface area contributed by atoms with E-state index in [1.807, 2.05) is 56.3 Å². The lowest BCUT2D eigenvalue weighted by atomic mass is 9.93. The molecule has 7 nitrogen and oxygen atoms in total. The Bertz CT molecular complexity index is 1380. The van der Waals surface area contributed by atoms with E-state index in [9.17, 15) is 9.59 Å². The predicted molar refractivity (Wildman–Crippen MR) is 134 cm³/mol. The second-order valence-corrected chi connectivity index (χ2v) is 9.11. The van der Waals surface area contributed by atoms with Crippen LogP contribution in [0, 0.1) is 5.92 Å². The van der Waals surface area contributed by atoms with Gasteiger partial charge in [-0.05, 0) is 47.9 Å². The molecule has 1 amide bonds. The highest BCUT2D eigenvalue weighted by Crippen LogP contribution is 2.31. The molecule has 4 aromatic rings. The molecule has 0 spiro atoms. The number of pyridine rings is 1. The van der Waals surface area contributed by atoms with E-state index in [1.54, 1.807) is 30.2 Å². The fourth-order valence-electron chi connectivity index (χ4n) is 3.97. The third-order valence-electron chi connectivity index (χ3n) is 5.73. The molecule has 0 radical (unpaired) electrons. The van der Waals surface area contributed by atoms with Gasteiger partial charge in [0.05, 0.1) is 23.4 Å². The molecule has 176 valence electrons. The van der Waals surface area contributed by atoms with Crippen LogP contribution in [0.15, 0.2) is 71.8 Å². The third-order valence-corrected chi connectivity index (χ3v) is 5.98. The number of hydrogen-bond acceptors (Lipinski definition) is 4. The van der Waals surface area contributed by atoms with Crippen molar-refractivity contribution in [3.63, 3.8) is 0 Å². The average Bonchev–Trinajstić information content (AvgIpc) is 3.21. The minimum absolute atomic E-state index is 0.0805. The van der Waals surface area contributed by atoms with Crippen molar-refractivity contribution in [2.45, 2.75) is 32.9 Å². The second-order valence-electron chi connectivity index (χ2n) is 8.67. The first-order valence-electron chi connectivity index (χ1n) is 11.1. The van der Waals surface area contributed by atoms with Crippen LogP contribution in [-0.2, 0) is 11.8 Å². The largest absolute Gasteiger partial charge is 0.484 e. The van der Waals surface area contributed by atoms with Gasteiger partial charge in [0, 0.05) is 36.6 Å². The number of benzene rings is 2. The summed E-state index contributed by atoms with van der Waals surface area (Å²) in [6.45, 7) is 5.61. The van der Waals surface area contributed by atoms with E-state index in [-0.39, 0.29) is 23.4 Å². The van der Waals surface area contributed by atoms with Crippen LogP contribution >= 0.6 is 11.6 Å². The summed E-state index contributed by atoms with van der Waals surface area (Å²) in [7, 11) is 1.71. The second kappa shape index (κ2) is 9.73. The maximum Gasteiger partial charge on any atom is 0.250 e. The monoisotopic (exact) mass is 478 g/mol. The molecule has 4 rings (SSSR count). The molecular weight excluding hydrogens is 452 g/mol. The lowest BCUT2D eigenvalue weighted by molar-refractivity contribution is -0.120. The molecule has 0 bridgehead atoms. The van der Waals surface area contributed by atoms with Gasteiger partial charge >= 0.3 is 0 Å². The van der Waals surface area contributed by atoms with E-state index in [2.05, 4.69) is 10.4 Å². The number of aryl methyl sites for hydroxylation is 1. The van der Waals surface area contributed by atoms with Crippen molar-refractivity contribution in [1.82, 2.24) is 19.7 Å². The summed E-state index contributed by atoms with van der Waals surface area (Å²) in [4.78, 5) is 23.7. The number of fused-ring (bicyclic) bond motifs is 1. The molecule has 8 heteroatoms. The molecule has 0 aliphatic heterocycles. The molecule has 0 fully saturated rings. The number of ether oxygens (including phenoxy) is 1. The van der Waals surface area contributed by atoms with Crippen LogP contribution in [-0.4, -0.2) is 26.3 Å². The van der Waals surface area contributed by atoms with Crippen LogP contribution in [0.5, 0.6) is 5.75 Å². The Labute approximate surface area is 202 Å². The highest BCUT2D eigenvalue weighted by molar-refractivity contribution is 6.30. The minimum atomic E-state index is -0.419. The van der Waals surface area contributed by atoms with Crippen molar-refractivity contribution >= 4 is 28.4 Å². The third kappa shape index (κ3) is 4.99. The van der Waals surface area contributed by atoms with Gasteiger partial charge in [0.1, 0.15) is 11.9 Å². The van der Waals surface area contributed by atoms with Crippen molar-refractivity contribution in [2.24, 2.45) is 13.0 Å². The average molecular weight is 479 g/mol.